The topological polar surface area (TPSA) is 27.7 Å². The van der Waals surface area contributed by atoms with Crippen LogP contribution in [-0.4, -0.2) is 20.3 Å². The van der Waals surface area contributed by atoms with Crippen LogP contribution in [0, 0.1) is 6.92 Å². The Bertz CT molecular complexity index is 605. The smallest absolute Gasteiger partial charge is 0.123 e. The molecule has 0 aliphatic rings. The van der Waals surface area contributed by atoms with Crippen LogP contribution >= 0.6 is 0 Å². The van der Waals surface area contributed by atoms with E-state index >= 15 is 0 Å². The molecule has 3 nitrogen and oxygen atoms in total. The average molecular weight is 300 g/mol. The van der Waals surface area contributed by atoms with Crippen molar-refractivity contribution in [2.75, 3.05) is 20.3 Å². The fourth-order valence-corrected chi connectivity index (χ4v) is 2.25. The molecule has 3 heteroatoms. The lowest BCUT2D eigenvalue weighted by molar-refractivity contribution is 0.215. The molecule has 2 rings (SSSR count). The maximum atomic E-state index is 5.90. The van der Waals surface area contributed by atoms with Gasteiger partial charge in [-0.1, -0.05) is 32.0 Å². The first-order valence-corrected chi connectivity index (χ1v) is 7.60. The molecule has 0 amide bonds. The first-order chi connectivity index (χ1) is 10.6. The van der Waals surface area contributed by atoms with Gasteiger partial charge in [0, 0.05) is 6.07 Å². The maximum absolute atomic E-state index is 5.90. The summed E-state index contributed by atoms with van der Waals surface area (Å²) in [6, 6.07) is 13.9. The van der Waals surface area contributed by atoms with E-state index < -0.39 is 0 Å². The number of benzene rings is 2. The fourth-order valence-electron chi connectivity index (χ4n) is 2.25. The second-order valence-corrected chi connectivity index (χ2v) is 5.57. The minimum Gasteiger partial charge on any atom is -0.497 e. The fraction of sp³-hybridized carbons (Fsp3) is 0.368. The van der Waals surface area contributed by atoms with Crippen molar-refractivity contribution in [3.8, 4) is 17.2 Å². The van der Waals surface area contributed by atoms with E-state index in [0.717, 1.165) is 17.2 Å². The highest BCUT2D eigenvalue weighted by molar-refractivity contribution is 5.39. The molecule has 0 N–H and O–H groups in total. The van der Waals surface area contributed by atoms with Crippen LogP contribution in [0.1, 0.15) is 30.9 Å². The molecule has 0 radical (unpaired) electrons. The molecule has 0 saturated carbocycles. The van der Waals surface area contributed by atoms with Crippen molar-refractivity contribution in [3.05, 3.63) is 53.6 Å². The molecule has 0 saturated heterocycles. The second-order valence-electron chi connectivity index (χ2n) is 5.57. The number of hydrogen-bond acceptors (Lipinski definition) is 3. The van der Waals surface area contributed by atoms with Gasteiger partial charge in [-0.3, -0.25) is 0 Å². The summed E-state index contributed by atoms with van der Waals surface area (Å²) in [5, 5.41) is 0. The van der Waals surface area contributed by atoms with Gasteiger partial charge in [-0.25, -0.2) is 0 Å². The second kappa shape index (κ2) is 7.74. The van der Waals surface area contributed by atoms with Gasteiger partial charge in [-0.15, -0.1) is 0 Å². The molecular weight excluding hydrogens is 276 g/mol. The molecule has 118 valence electrons. The Balaban J connectivity index is 1.90. The summed E-state index contributed by atoms with van der Waals surface area (Å²) in [6.45, 7) is 7.43. The standard InChI is InChI=1S/C19H24O3/c1-14(2)18-9-8-15(3)12-19(18)22-11-10-21-17-7-5-6-16(13-17)20-4/h5-9,12-14H,10-11H2,1-4H3. The van der Waals surface area contributed by atoms with Crippen molar-refractivity contribution in [2.45, 2.75) is 26.7 Å². The Morgan fingerprint density at radius 1 is 0.909 bits per heavy atom. The predicted molar refractivity (Wildman–Crippen MR) is 89.3 cm³/mol. The SMILES string of the molecule is COc1cccc(OCCOc2cc(C)ccc2C(C)C)c1. The molecule has 2 aromatic rings. The van der Waals surface area contributed by atoms with Crippen LogP contribution in [-0.2, 0) is 0 Å². The zero-order valence-corrected chi connectivity index (χ0v) is 13.8. The molecule has 0 aromatic heterocycles. The summed E-state index contributed by atoms with van der Waals surface area (Å²) in [5.41, 5.74) is 2.43. The largest absolute Gasteiger partial charge is 0.497 e. The number of rotatable bonds is 7. The zero-order valence-electron chi connectivity index (χ0n) is 13.8. The van der Waals surface area contributed by atoms with E-state index in [2.05, 4.69) is 39.0 Å². The van der Waals surface area contributed by atoms with Crippen LogP contribution in [0.3, 0.4) is 0 Å². The van der Waals surface area contributed by atoms with Crippen molar-refractivity contribution in [3.63, 3.8) is 0 Å². The molecule has 0 aliphatic carbocycles. The monoisotopic (exact) mass is 300 g/mol. The molecule has 0 atom stereocenters. The lowest BCUT2D eigenvalue weighted by atomic mass is 10.0. The summed E-state index contributed by atoms with van der Waals surface area (Å²) in [4.78, 5) is 0. The normalized spacial score (nSPS) is 10.6. The van der Waals surface area contributed by atoms with Gasteiger partial charge in [0.15, 0.2) is 0 Å². The van der Waals surface area contributed by atoms with Crippen LogP contribution in [0.25, 0.3) is 0 Å². The summed E-state index contributed by atoms with van der Waals surface area (Å²) in [5.74, 6) is 2.97. The molecule has 2 aromatic carbocycles. The van der Waals surface area contributed by atoms with Gasteiger partial charge in [0.1, 0.15) is 30.5 Å². The summed E-state index contributed by atoms with van der Waals surface area (Å²) >= 11 is 0. The third kappa shape index (κ3) is 4.42. The lowest BCUT2D eigenvalue weighted by Gasteiger charge is -2.15. The van der Waals surface area contributed by atoms with Gasteiger partial charge in [0.2, 0.25) is 0 Å². The number of methoxy groups -OCH3 is 1. The van der Waals surface area contributed by atoms with Crippen molar-refractivity contribution >= 4 is 0 Å². The van der Waals surface area contributed by atoms with Gasteiger partial charge >= 0.3 is 0 Å². The van der Waals surface area contributed by atoms with Crippen LogP contribution in [0.2, 0.25) is 0 Å². The van der Waals surface area contributed by atoms with E-state index in [1.54, 1.807) is 7.11 Å². The predicted octanol–water partition coefficient (Wildman–Crippen LogP) is 4.58. The highest BCUT2D eigenvalue weighted by Gasteiger charge is 2.08. The molecule has 0 aliphatic heterocycles. The van der Waals surface area contributed by atoms with Crippen LogP contribution in [0.4, 0.5) is 0 Å². The highest BCUT2D eigenvalue weighted by Crippen LogP contribution is 2.27. The summed E-state index contributed by atoms with van der Waals surface area (Å²) < 4.78 is 16.8. The average Bonchev–Trinajstić information content (AvgIpc) is 2.51. The zero-order chi connectivity index (χ0) is 15.9. The Morgan fingerprint density at radius 2 is 1.64 bits per heavy atom. The molecular formula is C19H24O3. The quantitative estimate of drug-likeness (QED) is 0.700. The molecule has 0 unspecified atom stereocenters. The van der Waals surface area contributed by atoms with Crippen LogP contribution in [0.5, 0.6) is 17.2 Å². The van der Waals surface area contributed by atoms with Gasteiger partial charge in [0.05, 0.1) is 7.11 Å². The Hall–Kier alpha value is -2.16. The van der Waals surface area contributed by atoms with E-state index in [1.807, 2.05) is 24.3 Å². The van der Waals surface area contributed by atoms with Crippen molar-refractivity contribution in [1.29, 1.82) is 0 Å². The number of ether oxygens (including phenoxy) is 3. The van der Waals surface area contributed by atoms with Crippen molar-refractivity contribution < 1.29 is 14.2 Å². The number of hydrogen-bond donors (Lipinski definition) is 0. The van der Waals surface area contributed by atoms with Gasteiger partial charge in [-0.05, 0) is 42.2 Å². The highest BCUT2D eigenvalue weighted by atomic mass is 16.5. The van der Waals surface area contributed by atoms with E-state index in [9.17, 15) is 0 Å². The lowest BCUT2D eigenvalue weighted by Crippen LogP contribution is -2.10. The Kier molecular flexibility index (Phi) is 5.70. The molecule has 0 bridgehead atoms. The minimum absolute atomic E-state index is 0.440. The Morgan fingerprint density at radius 3 is 2.36 bits per heavy atom. The van der Waals surface area contributed by atoms with Crippen molar-refractivity contribution in [1.82, 2.24) is 0 Å². The third-order valence-corrected chi connectivity index (χ3v) is 3.44. The first-order valence-electron chi connectivity index (χ1n) is 7.60. The third-order valence-electron chi connectivity index (χ3n) is 3.44. The summed E-state index contributed by atoms with van der Waals surface area (Å²) in [6.07, 6.45) is 0. The van der Waals surface area contributed by atoms with Gasteiger partial charge < -0.3 is 14.2 Å². The number of aryl methyl sites for hydroxylation is 1. The molecule has 0 fully saturated rings. The van der Waals surface area contributed by atoms with Crippen molar-refractivity contribution in [2.24, 2.45) is 0 Å². The van der Waals surface area contributed by atoms with Gasteiger partial charge in [-0.2, -0.15) is 0 Å². The van der Waals surface area contributed by atoms with Gasteiger partial charge in [0.25, 0.3) is 0 Å². The minimum atomic E-state index is 0.440. The van der Waals surface area contributed by atoms with E-state index in [4.69, 9.17) is 14.2 Å². The van der Waals surface area contributed by atoms with E-state index in [-0.39, 0.29) is 0 Å². The Labute approximate surface area is 132 Å². The van der Waals surface area contributed by atoms with E-state index in [1.165, 1.54) is 11.1 Å². The molecule has 0 heterocycles. The van der Waals surface area contributed by atoms with E-state index in [0.29, 0.717) is 19.1 Å². The molecule has 0 spiro atoms. The van der Waals surface area contributed by atoms with Crippen LogP contribution < -0.4 is 14.2 Å². The van der Waals surface area contributed by atoms with Crippen LogP contribution in [0.15, 0.2) is 42.5 Å². The first kappa shape index (κ1) is 16.2. The molecule has 22 heavy (non-hydrogen) atoms. The summed E-state index contributed by atoms with van der Waals surface area (Å²) in [7, 11) is 1.65. The maximum Gasteiger partial charge on any atom is 0.123 e.